The third kappa shape index (κ3) is 4.69. The van der Waals surface area contributed by atoms with E-state index in [0.717, 1.165) is 19.6 Å². The van der Waals surface area contributed by atoms with Gasteiger partial charge in [0.2, 0.25) is 0 Å². The normalized spacial score (nSPS) is 21.7. The van der Waals surface area contributed by atoms with Gasteiger partial charge in [-0.3, -0.25) is 0 Å². The molecule has 5 N–H and O–H groups in total. The van der Waals surface area contributed by atoms with E-state index < -0.39 is 6.03 Å². The first-order valence-electron chi connectivity index (χ1n) is 4.76. The van der Waals surface area contributed by atoms with E-state index in [1.165, 1.54) is 12.8 Å². The molecular weight excluding hydrogens is 168 g/mol. The molecule has 5 nitrogen and oxygen atoms in total. The van der Waals surface area contributed by atoms with E-state index in [1.807, 2.05) is 0 Å². The van der Waals surface area contributed by atoms with Crippen molar-refractivity contribution in [3.63, 3.8) is 0 Å². The minimum absolute atomic E-state index is 0.458. The van der Waals surface area contributed by atoms with Gasteiger partial charge in [0.1, 0.15) is 0 Å². The minimum Gasteiger partial charge on any atom is -0.352 e. The van der Waals surface area contributed by atoms with Gasteiger partial charge in [-0.1, -0.05) is 0 Å². The van der Waals surface area contributed by atoms with Gasteiger partial charge in [0, 0.05) is 25.7 Å². The number of carbonyl (C=O) groups is 1. The van der Waals surface area contributed by atoms with Crippen molar-refractivity contribution in [2.24, 2.45) is 5.73 Å². The van der Waals surface area contributed by atoms with Crippen LogP contribution in [0.25, 0.3) is 0 Å². The summed E-state index contributed by atoms with van der Waals surface area (Å²) in [5.41, 5.74) is 4.91. The summed E-state index contributed by atoms with van der Waals surface area (Å²) in [6, 6.07) is 0.148. The lowest BCUT2D eigenvalue weighted by atomic mass is 10.2. The Hall–Kier alpha value is -0.810. The largest absolute Gasteiger partial charge is 0.352 e. The molecule has 1 aliphatic heterocycles. The Kier molecular flexibility index (Phi) is 4.56. The highest BCUT2D eigenvalue weighted by molar-refractivity contribution is 5.71. The number of rotatable bonds is 5. The zero-order valence-electron chi connectivity index (χ0n) is 7.81. The van der Waals surface area contributed by atoms with Crippen molar-refractivity contribution in [1.29, 1.82) is 0 Å². The first-order valence-corrected chi connectivity index (χ1v) is 4.76. The summed E-state index contributed by atoms with van der Waals surface area (Å²) in [5.74, 6) is 0. The smallest absolute Gasteiger partial charge is 0.312 e. The van der Waals surface area contributed by atoms with Crippen LogP contribution in [-0.4, -0.2) is 38.3 Å². The van der Waals surface area contributed by atoms with Crippen molar-refractivity contribution in [1.82, 2.24) is 16.0 Å². The molecule has 0 bridgehead atoms. The quantitative estimate of drug-likeness (QED) is 0.416. The van der Waals surface area contributed by atoms with Crippen LogP contribution in [0.2, 0.25) is 0 Å². The summed E-state index contributed by atoms with van der Waals surface area (Å²) in [7, 11) is 0. The maximum absolute atomic E-state index is 10.3. The Morgan fingerprint density at radius 3 is 3.00 bits per heavy atom. The summed E-state index contributed by atoms with van der Waals surface area (Å²) >= 11 is 0. The van der Waals surface area contributed by atoms with Gasteiger partial charge in [-0.25, -0.2) is 4.79 Å². The second-order valence-corrected chi connectivity index (χ2v) is 3.29. The summed E-state index contributed by atoms with van der Waals surface area (Å²) in [6.07, 6.45) is 2.52. The number of nitrogens with two attached hydrogens (primary N) is 1. The van der Waals surface area contributed by atoms with Crippen molar-refractivity contribution in [3.8, 4) is 0 Å². The van der Waals surface area contributed by atoms with Gasteiger partial charge >= 0.3 is 6.03 Å². The van der Waals surface area contributed by atoms with E-state index in [-0.39, 0.29) is 0 Å². The fraction of sp³-hybridized carbons (Fsp3) is 0.875. The summed E-state index contributed by atoms with van der Waals surface area (Å²) in [5, 5.41) is 9.16. The van der Waals surface area contributed by atoms with Crippen LogP contribution in [0.4, 0.5) is 4.79 Å². The van der Waals surface area contributed by atoms with E-state index in [9.17, 15) is 4.79 Å². The van der Waals surface area contributed by atoms with Crippen LogP contribution in [0, 0.1) is 0 Å². The van der Waals surface area contributed by atoms with Crippen molar-refractivity contribution in [3.05, 3.63) is 0 Å². The lowest BCUT2D eigenvalue weighted by molar-refractivity contribution is 0.249. The van der Waals surface area contributed by atoms with E-state index >= 15 is 0 Å². The van der Waals surface area contributed by atoms with Crippen molar-refractivity contribution >= 4 is 6.03 Å². The summed E-state index contributed by atoms with van der Waals surface area (Å²) in [4.78, 5) is 10.3. The predicted molar refractivity (Wildman–Crippen MR) is 51.5 cm³/mol. The lowest BCUT2D eigenvalue weighted by Gasteiger charge is -2.11. The number of urea groups is 1. The Labute approximate surface area is 78.4 Å². The molecule has 0 saturated carbocycles. The van der Waals surface area contributed by atoms with Gasteiger partial charge in [0.15, 0.2) is 0 Å². The fourth-order valence-corrected chi connectivity index (χ4v) is 1.48. The Balaban J connectivity index is 1.86. The molecule has 5 heteroatoms. The molecule has 0 radical (unpaired) electrons. The predicted octanol–water partition coefficient (Wildman–Crippen LogP) is -1.00. The van der Waals surface area contributed by atoms with Gasteiger partial charge < -0.3 is 21.7 Å². The highest BCUT2D eigenvalue weighted by Gasteiger charge is 2.12. The molecule has 0 aromatic heterocycles. The van der Waals surface area contributed by atoms with Crippen molar-refractivity contribution < 1.29 is 4.79 Å². The van der Waals surface area contributed by atoms with Crippen LogP contribution < -0.4 is 21.7 Å². The number of hydrogen-bond acceptors (Lipinski definition) is 3. The topological polar surface area (TPSA) is 79.2 Å². The number of amides is 2. The highest BCUT2D eigenvalue weighted by Crippen LogP contribution is 2.02. The minimum atomic E-state index is -0.458. The maximum Gasteiger partial charge on any atom is 0.312 e. The molecule has 0 aromatic rings. The molecule has 0 spiro atoms. The molecule has 1 heterocycles. The zero-order chi connectivity index (χ0) is 9.52. The van der Waals surface area contributed by atoms with Crippen LogP contribution in [0.1, 0.15) is 12.8 Å². The lowest BCUT2D eigenvalue weighted by Crippen LogP contribution is -2.39. The molecule has 2 amide bonds. The number of hydrogen-bond donors (Lipinski definition) is 4. The zero-order valence-corrected chi connectivity index (χ0v) is 7.81. The van der Waals surface area contributed by atoms with Crippen LogP contribution in [0.15, 0.2) is 0 Å². The average Bonchev–Trinajstić information content (AvgIpc) is 2.55. The van der Waals surface area contributed by atoms with Gasteiger partial charge in [0.25, 0.3) is 0 Å². The van der Waals surface area contributed by atoms with Gasteiger partial charge in [-0.15, -0.1) is 0 Å². The first-order chi connectivity index (χ1) is 6.29. The number of nitrogens with one attached hydrogen (secondary N) is 3. The second-order valence-electron chi connectivity index (χ2n) is 3.29. The van der Waals surface area contributed by atoms with Crippen LogP contribution in [0.3, 0.4) is 0 Å². The third-order valence-electron chi connectivity index (χ3n) is 2.15. The molecule has 1 aliphatic rings. The molecule has 1 saturated heterocycles. The van der Waals surface area contributed by atoms with E-state index in [0.29, 0.717) is 12.6 Å². The summed E-state index contributed by atoms with van der Waals surface area (Å²) in [6.45, 7) is 3.48. The molecule has 1 rings (SSSR count). The highest BCUT2D eigenvalue weighted by atomic mass is 16.2. The van der Waals surface area contributed by atoms with Gasteiger partial charge in [-0.2, -0.15) is 0 Å². The maximum atomic E-state index is 10.3. The molecule has 1 unspecified atom stereocenters. The van der Waals surface area contributed by atoms with Gasteiger partial charge in [0.05, 0.1) is 0 Å². The number of primary amides is 1. The fourth-order valence-electron chi connectivity index (χ4n) is 1.48. The van der Waals surface area contributed by atoms with Crippen molar-refractivity contribution in [2.45, 2.75) is 18.9 Å². The van der Waals surface area contributed by atoms with Crippen molar-refractivity contribution in [2.75, 3.05) is 26.2 Å². The van der Waals surface area contributed by atoms with E-state index in [4.69, 9.17) is 5.73 Å². The molecule has 76 valence electrons. The molecule has 1 fully saturated rings. The Morgan fingerprint density at radius 2 is 2.38 bits per heavy atom. The average molecular weight is 186 g/mol. The van der Waals surface area contributed by atoms with Crippen LogP contribution >= 0.6 is 0 Å². The Bertz CT molecular complexity index is 156. The third-order valence-corrected chi connectivity index (χ3v) is 2.15. The second kappa shape index (κ2) is 5.77. The van der Waals surface area contributed by atoms with Crippen LogP contribution in [0.5, 0.6) is 0 Å². The Morgan fingerprint density at radius 1 is 1.54 bits per heavy atom. The molecule has 13 heavy (non-hydrogen) atoms. The van der Waals surface area contributed by atoms with E-state index in [1.54, 1.807) is 0 Å². The first kappa shape index (κ1) is 10.3. The molecular formula is C8H18N4O. The summed E-state index contributed by atoms with van der Waals surface area (Å²) < 4.78 is 0. The molecule has 1 atom stereocenters. The SMILES string of the molecule is NC(=O)NCCNCC1CCCN1. The van der Waals surface area contributed by atoms with E-state index in [2.05, 4.69) is 16.0 Å². The molecule has 0 aliphatic carbocycles. The standard InChI is InChI=1S/C8H18N4O/c9-8(13)12-5-4-10-6-7-2-1-3-11-7/h7,10-11H,1-6H2,(H3,9,12,13). The monoisotopic (exact) mass is 186 g/mol. The number of carbonyl (C=O) groups excluding carboxylic acids is 1. The van der Waals surface area contributed by atoms with Crippen LogP contribution in [-0.2, 0) is 0 Å². The van der Waals surface area contributed by atoms with Gasteiger partial charge in [-0.05, 0) is 19.4 Å². The molecule has 0 aromatic carbocycles.